The molecule has 0 spiro atoms. The van der Waals surface area contributed by atoms with Crippen LogP contribution in [0.1, 0.15) is 25.6 Å². The highest BCUT2D eigenvalue weighted by molar-refractivity contribution is 9.09. The van der Waals surface area contributed by atoms with E-state index in [4.69, 9.17) is 0 Å². The molecule has 6 heteroatoms. The van der Waals surface area contributed by atoms with E-state index in [0.717, 1.165) is 11.3 Å². The molecule has 0 bridgehead atoms. The largest absolute Gasteiger partial charge is 0.252 e. The van der Waals surface area contributed by atoms with Crippen LogP contribution in [0.4, 0.5) is 0 Å². The standard InChI is InChI=1S/C11H18BrNO2S2/c1-5-9-6-7-10(16-9)17(14,15)13(4)11(2,3)8-12/h6-7H,5,8H2,1-4H3. The maximum atomic E-state index is 12.4. The highest BCUT2D eigenvalue weighted by Gasteiger charge is 2.33. The Morgan fingerprint density at radius 2 is 2.00 bits per heavy atom. The third kappa shape index (κ3) is 3.10. The van der Waals surface area contributed by atoms with Crippen LogP contribution in [0, 0.1) is 0 Å². The van der Waals surface area contributed by atoms with Crippen molar-refractivity contribution >= 4 is 37.3 Å². The molecule has 3 nitrogen and oxygen atoms in total. The van der Waals surface area contributed by atoms with Gasteiger partial charge in [-0.2, -0.15) is 4.31 Å². The van der Waals surface area contributed by atoms with Crippen molar-refractivity contribution in [3.05, 3.63) is 17.0 Å². The molecule has 0 aromatic carbocycles. The van der Waals surface area contributed by atoms with E-state index in [1.54, 1.807) is 13.1 Å². The maximum Gasteiger partial charge on any atom is 0.252 e. The third-order valence-corrected chi connectivity index (χ3v) is 7.92. The Labute approximate surface area is 116 Å². The quantitative estimate of drug-likeness (QED) is 0.773. The Balaban J connectivity index is 3.11. The molecule has 98 valence electrons. The first-order valence-corrected chi connectivity index (χ1v) is 8.77. The monoisotopic (exact) mass is 339 g/mol. The second kappa shape index (κ2) is 5.38. The number of halogens is 1. The summed E-state index contributed by atoms with van der Waals surface area (Å²) in [6.07, 6.45) is 0.867. The summed E-state index contributed by atoms with van der Waals surface area (Å²) in [5.74, 6) is 0. The van der Waals surface area contributed by atoms with Gasteiger partial charge in [0.1, 0.15) is 4.21 Å². The molecule has 1 aromatic heterocycles. The molecule has 0 saturated heterocycles. The molecule has 1 heterocycles. The van der Waals surface area contributed by atoms with Gasteiger partial charge in [0, 0.05) is 22.8 Å². The Hall–Kier alpha value is 0.0900. The van der Waals surface area contributed by atoms with Crippen LogP contribution in [-0.4, -0.2) is 30.6 Å². The van der Waals surface area contributed by atoms with Crippen LogP contribution < -0.4 is 0 Å². The number of thiophene rings is 1. The topological polar surface area (TPSA) is 37.4 Å². The maximum absolute atomic E-state index is 12.4. The summed E-state index contributed by atoms with van der Waals surface area (Å²) in [4.78, 5) is 1.09. The van der Waals surface area contributed by atoms with Crippen molar-refractivity contribution in [2.75, 3.05) is 12.4 Å². The van der Waals surface area contributed by atoms with Crippen molar-refractivity contribution in [3.63, 3.8) is 0 Å². The minimum Gasteiger partial charge on any atom is -0.206 e. The lowest BCUT2D eigenvalue weighted by Crippen LogP contribution is -2.45. The van der Waals surface area contributed by atoms with Gasteiger partial charge in [-0.05, 0) is 32.4 Å². The molecule has 0 aliphatic carbocycles. The van der Waals surface area contributed by atoms with E-state index in [0.29, 0.717) is 9.54 Å². The van der Waals surface area contributed by atoms with E-state index in [1.807, 2.05) is 26.8 Å². The van der Waals surface area contributed by atoms with Crippen LogP contribution in [0.2, 0.25) is 0 Å². The number of aryl methyl sites for hydroxylation is 1. The molecule has 0 aliphatic heterocycles. The van der Waals surface area contributed by atoms with Gasteiger partial charge in [-0.3, -0.25) is 0 Å². The van der Waals surface area contributed by atoms with Gasteiger partial charge >= 0.3 is 0 Å². The van der Waals surface area contributed by atoms with E-state index in [2.05, 4.69) is 15.9 Å². The molecule has 1 aromatic rings. The van der Waals surface area contributed by atoms with Crippen LogP contribution in [-0.2, 0) is 16.4 Å². The van der Waals surface area contributed by atoms with Gasteiger partial charge in [0.05, 0.1) is 0 Å². The predicted octanol–water partition coefficient (Wildman–Crippen LogP) is 3.10. The molecule has 17 heavy (non-hydrogen) atoms. The molecule has 0 unspecified atom stereocenters. The zero-order chi connectivity index (χ0) is 13.3. The number of nitrogens with zero attached hydrogens (tertiary/aromatic N) is 1. The fourth-order valence-electron chi connectivity index (χ4n) is 1.23. The summed E-state index contributed by atoms with van der Waals surface area (Å²) in [5.41, 5.74) is -0.435. The summed E-state index contributed by atoms with van der Waals surface area (Å²) in [6, 6.07) is 3.58. The lowest BCUT2D eigenvalue weighted by molar-refractivity contribution is 0.300. The van der Waals surface area contributed by atoms with Crippen molar-refractivity contribution < 1.29 is 8.42 Å². The highest BCUT2D eigenvalue weighted by Crippen LogP contribution is 2.29. The van der Waals surface area contributed by atoms with Gasteiger partial charge < -0.3 is 0 Å². The van der Waals surface area contributed by atoms with Crippen LogP contribution in [0.5, 0.6) is 0 Å². The van der Waals surface area contributed by atoms with Gasteiger partial charge in [0.25, 0.3) is 10.0 Å². The first kappa shape index (κ1) is 15.1. The number of alkyl halides is 1. The smallest absolute Gasteiger partial charge is 0.206 e. The van der Waals surface area contributed by atoms with Crippen molar-refractivity contribution in [1.82, 2.24) is 4.31 Å². The molecule has 1 rings (SSSR count). The fourth-order valence-corrected chi connectivity index (χ4v) is 4.75. The fraction of sp³-hybridized carbons (Fsp3) is 0.636. The van der Waals surface area contributed by atoms with E-state index in [9.17, 15) is 8.42 Å². The molecular weight excluding hydrogens is 322 g/mol. The summed E-state index contributed by atoms with van der Waals surface area (Å²) in [7, 11) is -1.75. The van der Waals surface area contributed by atoms with Gasteiger partial charge in [-0.15, -0.1) is 11.3 Å². The number of hydrogen-bond acceptors (Lipinski definition) is 3. The molecule has 0 aliphatic rings. The highest BCUT2D eigenvalue weighted by atomic mass is 79.9. The van der Waals surface area contributed by atoms with Crippen molar-refractivity contribution in [2.24, 2.45) is 0 Å². The predicted molar refractivity (Wildman–Crippen MR) is 76.5 cm³/mol. The minimum atomic E-state index is -3.38. The first-order chi connectivity index (χ1) is 7.75. The van der Waals surface area contributed by atoms with E-state index in [-0.39, 0.29) is 0 Å². The first-order valence-electron chi connectivity index (χ1n) is 5.39. The zero-order valence-corrected chi connectivity index (χ0v) is 13.7. The second-order valence-electron chi connectivity index (χ2n) is 4.49. The Morgan fingerprint density at radius 3 is 2.41 bits per heavy atom. The molecule has 0 fully saturated rings. The summed E-state index contributed by atoms with van der Waals surface area (Å²) in [5, 5.41) is 0.599. The normalized spacial score (nSPS) is 13.3. The van der Waals surface area contributed by atoms with E-state index >= 15 is 0 Å². The van der Waals surface area contributed by atoms with Crippen molar-refractivity contribution in [1.29, 1.82) is 0 Å². The molecular formula is C11H18BrNO2S2. The van der Waals surface area contributed by atoms with E-state index < -0.39 is 15.6 Å². The average Bonchev–Trinajstić information content (AvgIpc) is 2.77. The minimum absolute atomic E-state index is 0.422. The van der Waals surface area contributed by atoms with Crippen LogP contribution >= 0.6 is 27.3 Å². The van der Waals surface area contributed by atoms with Gasteiger partial charge in [0.2, 0.25) is 0 Å². The lowest BCUT2D eigenvalue weighted by Gasteiger charge is -2.32. The SMILES string of the molecule is CCc1ccc(S(=O)(=O)N(C)C(C)(C)CBr)s1. The summed E-state index contributed by atoms with van der Waals surface area (Å²) < 4.78 is 26.6. The van der Waals surface area contributed by atoms with Gasteiger partial charge in [0.15, 0.2) is 0 Å². The van der Waals surface area contributed by atoms with Gasteiger partial charge in [-0.25, -0.2) is 8.42 Å². The molecule has 0 atom stereocenters. The molecule has 0 saturated carbocycles. The lowest BCUT2D eigenvalue weighted by atomic mass is 10.1. The average molecular weight is 340 g/mol. The number of hydrogen-bond donors (Lipinski definition) is 0. The summed E-state index contributed by atoms with van der Waals surface area (Å²) in [6.45, 7) is 5.82. The Morgan fingerprint density at radius 1 is 1.41 bits per heavy atom. The van der Waals surface area contributed by atoms with Crippen molar-refractivity contribution in [2.45, 2.75) is 36.9 Å². The summed E-state index contributed by atoms with van der Waals surface area (Å²) >= 11 is 4.70. The second-order valence-corrected chi connectivity index (χ2v) is 8.42. The molecule has 0 amide bonds. The van der Waals surface area contributed by atoms with Crippen LogP contribution in [0.15, 0.2) is 16.3 Å². The molecule has 0 radical (unpaired) electrons. The number of rotatable bonds is 5. The zero-order valence-electron chi connectivity index (χ0n) is 10.5. The Bertz CT molecular complexity index is 479. The number of sulfonamides is 1. The van der Waals surface area contributed by atoms with E-state index in [1.165, 1.54) is 15.6 Å². The van der Waals surface area contributed by atoms with Crippen LogP contribution in [0.3, 0.4) is 0 Å². The third-order valence-electron chi connectivity index (χ3n) is 2.78. The van der Waals surface area contributed by atoms with Gasteiger partial charge in [-0.1, -0.05) is 22.9 Å². The van der Waals surface area contributed by atoms with Crippen LogP contribution in [0.25, 0.3) is 0 Å². The Kier molecular flexibility index (Phi) is 4.80. The molecule has 0 N–H and O–H groups in total. The van der Waals surface area contributed by atoms with Crippen molar-refractivity contribution in [3.8, 4) is 0 Å².